The summed E-state index contributed by atoms with van der Waals surface area (Å²) in [6.07, 6.45) is 7.95. The summed E-state index contributed by atoms with van der Waals surface area (Å²) in [6.45, 7) is 3.69. The number of nitrogens with zero attached hydrogens (tertiary/aromatic N) is 5. The summed E-state index contributed by atoms with van der Waals surface area (Å²) in [5.74, 6) is 1.35. The van der Waals surface area contributed by atoms with Crippen molar-refractivity contribution in [3.8, 4) is 11.4 Å². The predicted octanol–water partition coefficient (Wildman–Crippen LogP) is 4.55. The third kappa shape index (κ3) is 3.88. The highest BCUT2D eigenvalue weighted by molar-refractivity contribution is 6.37. The van der Waals surface area contributed by atoms with Crippen LogP contribution in [0.1, 0.15) is 17.7 Å². The summed E-state index contributed by atoms with van der Waals surface area (Å²) >= 11 is 13.2. The lowest BCUT2D eigenvalue weighted by Gasteiger charge is -2.20. The number of rotatable bonds is 5. The predicted molar refractivity (Wildman–Crippen MR) is 127 cm³/mol. The number of ether oxygens (including phenoxy) is 1. The molecule has 0 unspecified atom stereocenters. The summed E-state index contributed by atoms with van der Waals surface area (Å²) in [4.78, 5) is 15.4. The number of fused-ring (bicyclic) bond motifs is 1. The van der Waals surface area contributed by atoms with Gasteiger partial charge in [-0.3, -0.25) is 0 Å². The van der Waals surface area contributed by atoms with Gasteiger partial charge < -0.3 is 19.9 Å². The Morgan fingerprint density at radius 1 is 1.28 bits per heavy atom. The van der Waals surface area contributed by atoms with Gasteiger partial charge in [-0.15, -0.1) is 0 Å². The average Bonchev–Trinajstić information content (AvgIpc) is 3.45. The molecule has 32 heavy (non-hydrogen) atoms. The van der Waals surface area contributed by atoms with Gasteiger partial charge in [0.2, 0.25) is 0 Å². The first kappa shape index (κ1) is 21.0. The van der Waals surface area contributed by atoms with Gasteiger partial charge in [-0.05, 0) is 25.5 Å². The van der Waals surface area contributed by atoms with Crippen molar-refractivity contribution in [3.63, 3.8) is 0 Å². The van der Waals surface area contributed by atoms with Gasteiger partial charge in [0.15, 0.2) is 0 Å². The minimum Gasteiger partial charge on any atom is -0.487 e. The van der Waals surface area contributed by atoms with Crippen molar-refractivity contribution < 1.29 is 4.74 Å². The molecule has 1 aliphatic rings. The van der Waals surface area contributed by atoms with Crippen LogP contribution in [0.3, 0.4) is 0 Å². The number of pyridine rings is 2. The maximum Gasteiger partial charge on any atom is 0.147 e. The van der Waals surface area contributed by atoms with E-state index in [1.165, 1.54) is 0 Å². The van der Waals surface area contributed by atoms with Gasteiger partial charge in [0.25, 0.3) is 0 Å². The first-order valence-electron chi connectivity index (χ1n) is 10.4. The van der Waals surface area contributed by atoms with Crippen LogP contribution in [-0.2, 0) is 6.61 Å². The Bertz CT molecular complexity index is 1280. The van der Waals surface area contributed by atoms with Crippen LogP contribution < -0.4 is 15.4 Å². The van der Waals surface area contributed by atoms with Crippen molar-refractivity contribution in [2.45, 2.75) is 26.0 Å². The zero-order chi connectivity index (χ0) is 22.2. The van der Waals surface area contributed by atoms with Gasteiger partial charge in [-0.2, -0.15) is 0 Å². The molecule has 164 valence electrons. The molecule has 1 aromatic carbocycles. The Balaban J connectivity index is 1.49. The molecular weight excluding hydrogens is 447 g/mol. The van der Waals surface area contributed by atoms with E-state index in [0.29, 0.717) is 27.2 Å². The van der Waals surface area contributed by atoms with E-state index in [4.69, 9.17) is 38.7 Å². The van der Waals surface area contributed by atoms with Gasteiger partial charge in [0.1, 0.15) is 23.7 Å². The van der Waals surface area contributed by atoms with Gasteiger partial charge in [-0.1, -0.05) is 35.3 Å². The largest absolute Gasteiger partial charge is 0.487 e. The molecule has 1 saturated heterocycles. The number of para-hydroxylation sites is 1. The van der Waals surface area contributed by atoms with Crippen molar-refractivity contribution in [2.24, 2.45) is 5.73 Å². The number of hydrogen-bond donors (Lipinski definition) is 1. The highest BCUT2D eigenvalue weighted by atomic mass is 35.5. The molecule has 1 fully saturated rings. The van der Waals surface area contributed by atoms with E-state index in [2.05, 4.69) is 14.9 Å². The second-order valence-electron chi connectivity index (χ2n) is 7.91. The number of aromatic nitrogens is 4. The SMILES string of the molecule is Cc1cc(-n2ccnc2)c2cccc(OCc3c(Cl)cnc(N4CC[C@@H](N)C4)c3Cl)c2n1. The van der Waals surface area contributed by atoms with Crippen LogP contribution in [0.2, 0.25) is 10.0 Å². The van der Waals surface area contributed by atoms with E-state index in [1.54, 1.807) is 18.7 Å². The Kier molecular flexibility index (Phi) is 5.63. The number of benzene rings is 1. The smallest absolute Gasteiger partial charge is 0.147 e. The number of halogens is 2. The lowest BCUT2D eigenvalue weighted by molar-refractivity contribution is 0.309. The van der Waals surface area contributed by atoms with Gasteiger partial charge in [0, 0.05) is 54.4 Å². The van der Waals surface area contributed by atoms with Crippen molar-refractivity contribution in [2.75, 3.05) is 18.0 Å². The fraction of sp³-hybridized carbons (Fsp3) is 0.261. The number of hydrogen-bond acceptors (Lipinski definition) is 6. The van der Waals surface area contributed by atoms with Crippen molar-refractivity contribution in [1.29, 1.82) is 0 Å². The van der Waals surface area contributed by atoms with Gasteiger partial charge in [-0.25, -0.2) is 15.0 Å². The topological polar surface area (TPSA) is 82.1 Å². The minimum atomic E-state index is 0.123. The highest BCUT2D eigenvalue weighted by Gasteiger charge is 2.24. The van der Waals surface area contributed by atoms with Crippen LogP contribution in [0.25, 0.3) is 16.6 Å². The van der Waals surface area contributed by atoms with Crippen molar-refractivity contribution in [1.82, 2.24) is 19.5 Å². The number of aryl methyl sites for hydroxylation is 1. The maximum absolute atomic E-state index is 6.71. The molecule has 9 heteroatoms. The van der Waals surface area contributed by atoms with E-state index >= 15 is 0 Å². The molecule has 4 heterocycles. The third-order valence-corrected chi connectivity index (χ3v) is 6.36. The summed E-state index contributed by atoms with van der Waals surface area (Å²) < 4.78 is 8.17. The Hall–Kier alpha value is -2.87. The Morgan fingerprint density at radius 3 is 2.91 bits per heavy atom. The second kappa shape index (κ2) is 8.58. The van der Waals surface area contributed by atoms with Crippen molar-refractivity contribution in [3.05, 3.63) is 70.5 Å². The molecular formula is C23H22Cl2N6O. The summed E-state index contributed by atoms with van der Waals surface area (Å²) in [5, 5.41) is 1.92. The van der Waals surface area contributed by atoms with Crippen LogP contribution in [-0.4, -0.2) is 38.7 Å². The number of anilines is 1. The molecule has 4 aromatic rings. The molecule has 5 rings (SSSR count). The second-order valence-corrected chi connectivity index (χ2v) is 8.70. The third-order valence-electron chi connectivity index (χ3n) is 5.64. The normalized spacial score (nSPS) is 16.1. The maximum atomic E-state index is 6.71. The van der Waals surface area contributed by atoms with Crippen LogP contribution in [0, 0.1) is 6.92 Å². The van der Waals surface area contributed by atoms with Crippen LogP contribution in [0.4, 0.5) is 5.82 Å². The standard InChI is InChI=1S/C23H22Cl2N6O/c1-14-9-19(31-8-6-27-13-31)16-3-2-4-20(22(16)29-14)32-12-17-18(24)10-28-23(21(17)25)30-7-5-15(26)11-30/h2-4,6,8-10,13,15H,5,7,11-12,26H2,1H3/t15-/m1/s1. The molecule has 0 saturated carbocycles. The Labute approximate surface area is 195 Å². The summed E-state index contributed by atoms with van der Waals surface area (Å²) in [6, 6.07) is 8.01. The molecule has 0 radical (unpaired) electrons. The van der Waals surface area contributed by atoms with Gasteiger partial charge >= 0.3 is 0 Å². The quantitative estimate of drug-likeness (QED) is 0.462. The summed E-state index contributed by atoms with van der Waals surface area (Å²) in [7, 11) is 0. The van der Waals surface area contributed by atoms with E-state index in [0.717, 1.165) is 41.8 Å². The molecule has 3 aromatic heterocycles. The first-order valence-corrected chi connectivity index (χ1v) is 11.1. The first-order chi connectivity index (χ1) is 15.5. The molecule has 1 aliphatic heterocycles. The molecule has 1 atom stereocenters. The van der Waals surface area contributed by atoms with Crippen LogP contribution >= 0.6 is 23.2 Å². The molecule has 0 aliphatic carbocycles. The Morgan fingerprint density at radius 2 is 2.16 bits per heavy atom. The van der Waals surface area contributed by atoms with E-state index in [1.807, 2.05) is 42.0 Å². The highest BCUT2D eigenvalue weighted by Crippen LogP contribution is 2.35. The zero-order valence-corrected chi connectivity index (χ0v) is 19.0. The van der Waals surface area contributed by atoms with Crippen molar-refractivity contribution >= 4 is 39.9 Å². The molecule has 0 spiro atoms. The number of nitrogens with two attached hydrogens (primary N) is 1. The molecule has 2 N–H and O–H groups in total. The fourth-order valence-corrected chi connectivity index (χ4v) is 4.61. The summed E-state index contributed by atoms with van der Waals surface area (Å²) in [5.41, 5.74) is 9.38. The van der Waals surface area contributed by atoms with E-state index in [-0.39, 0.29) is 12.6 Å². The lowest BCUT2D eigenvalue weighted by Crippen LogP contribution is -2.27. The van der Waals surface area contributed by atoms with Gasteiger partial charge in [0.05, 0.1) is 22.1 Å². The lowest BCUT2D eigenvalue weighted by atomic mass is 10.1. The molecule has 0 amide bonds. The average molecular weight is 469 g/mol. The number of imidazole rings is 1. The fourth-order valence-electron chi connectivity index (χ4n) is 4.03. The minimum absolute atomic E-state index is 0.123. The van der Waals surface area contributed by atoms with Crippen LogP contribution in [0.5, 0.6) is 5.75 Å². The van der Waals surface area contributed by atoms with E-state index < -0.39 is 0 Å². The molecule has 0 bridgehead atoms. The molecule has 7 nitrogen and oxygen atoms in total. The van der Waals surface area contributed by atoms with Crippen LogP contribution in [0.15, 0.2) is 49.2 Å². The van der Waals surface area contributed by atoms with E-state index in [9.17, 15) is 0 Å². The zero-order valence-electron chi connectivity index (χ0n) is 17.5. The monoisotopic (exact) mass is 468 g/mol.